The summed E-state index contributed by atoms with van der Waals surface area (Å²) in [6.07, 6.45) is 3.81. The molecule has 0 radical (unpaired) electrons. The molecular weight excluding hydrogens is 371 g/mol. The lowest BCUT2D eigenvalue weighted by Crippen LogP contribution is -2.35. The summed E-state index contributed by atoms with van der Waals surface area (Å²) in [6.45, 7) is 0.637. The van der Waals surface area contributed by atoms with Crippen molar-refractivity contribution in [2.24, 2.45) is 5.73 Å². The van der Waals surface area contributed by atoms with Gasteiger partial charge in [-0.15, -0.1) is 24.8 Å². The third kappa shape index (κ3) is 4.33. The van der Waals surface area contributed by atoms with Crippen LogP contribution in [-0.4, -0.2) is 21.0 Å². The van der Waals surface area contributed by atoms with Gasteiger partial charge in [0.15, 0.2) is 0 Å². The zero-order valence-corrected chi connectivity index (χ0v) is 15.8. The van der Waals surface area contributed by atoms with E-state index in [1.165, 1.54) is 0 Å². The number of anilines is 2. The fraction of sp³-hybridized carbons (Fsp3) is 0.278. The van der Waals surface area contributed by atoms with Crippen molar-refractivity contribution in [3.05, 3.63) is 53.9 Å². The Hall–Kier alpha value is -2.15. The number of hydrogen-bond acceptors (Lipinski definition) is 6. The molecule has 0 bridgehead atoms. The second-order valence-corrected chi connectivity index (χ2v) is 6.35. The quantitative estimate of drug-likeness (QED) is 0.629. The number of hydrogen-bond donors (Lipinski definition) is 3. The van der Waals surface area contributed by atoms with Crippen LogP contribution in [0.1, 0.15) is 30.0 Å². The maximum Gasteiger partial charge on any atom is 0.222 e. The summed E-state index contributed by atoms with van der Waals surface area (Å²) in [6, 6.07) is 12.5. The van der Waals surface area contributed by atoms with Crippen LogP contribution in [0, 0.1) is 0 Å². The number of pyridine rings is 1. The molecule has 0 saturated heterocycles. The smallest absolute Gasteiger partial charge is 0.222 e. The molecule has 1 aliphatic carbocycles. The maximum atomic E-state index is 5.87. The highest BCUT2D eigenvalue weighted by Gasteiger charge is 2.29. The zero-order chi connectivity index (χ0) is 16.5. The van der Waals surface area contributed by atoms with E-state index in [9.17, 15) is 0 Å². The van der Waals surface area contributed by atoms with Crippen LogP contribution in [0.15, 0.2) is 42.6 Å². The highest BCUT2D eigenvalue weighted by Crippen LogP contribution is 2.35. The number of nitrogens with one attached hydrogen (secondary N) is 1. The summed E-state index contributed by atoms with van der Waals surface area (Å²) in [5, 5.41) is 4.45. The van der Waals surface area contributed by atoms with Crippen molar-refractivity contribution in [3.8, 4) is 0 Å². The summed E-state index contributed by atoms with van der Waals surface area (Å²) in [4.78, 5) is 13.1. The van der Waals surface area contributed by atoms with E-state index in [-0.39, 0.29) is 30.9 Å². The van der Waals surface area contributed by atoms with E-state index in [0.717, 1.165) is 40.8 Å². The van der Waals surface area contributed by atoms with E-state index in [0.29, 0.717) is 18.4 Å². The van der Waals surface area contributed by atoms with Crippen molar-refractivity contribution in [2.75, 3.05) is 11.1 Å². The minimum Gasteiger partial charge on any atom is -0.368 e. The summed E-state index contributed by atoms with van der Waals surface area (Å²) >= 11 is 0. The number of nitrogens with zero attached hydrogens (tertiary/aromatic N) is 3. The predicted molar refractivity (Wildman–Crippen MR) is 110 cm³/mol. The fourth-order valence-electron chi connectivity index (χ4n) is 3.09. The Kier molecular flexibility index (Phi) is 6.58. The van der Waals surface area contributed by atoms with Crippen LogP contribution in [0.4, 0.5) is 11.8 Å². The molecule has 1 aromatic carbocycles. The van der Waals surface area contributed by atoms with Crippen molar-refractivity contribution in [1.29, 1.82) is 0 Å². The Balaban J connectivity index is 0.00000121. The molecule has 4 rings (SSSR count). The summed E-state index contributed by atoms with van der Waals surface area (Å²) in [5.74, 6) is 1.44. The number of rotatable bonds is 4. The van der Waals surface area contributed by atoms with Crippen molar-refractivity contribution < 1.29 is 0 Å². The highest BCUT2D eigenvalue weighted by molar-refractivity contribution is 5.85. The first kappa shape index (κ1) is 20.2. The van der Waals surface area contributed by atoms with Gasteiger partial charge < -0.3 is 16.8 Å². The summed E-state index contributed by atoms with van der Waals surface area (Å²) < 4.78 is 0. The number of fused-ring (bicyclic) bond motifs is 1. The third-order valence-corrected chi connectivity index (χ3v) is 4.48. The second kappa shape index (κ2) is 8.49. The molecule has 0 unspecified atom stereocenters. The van der Waals surface area contributed by atoms with Gasteiger partial charge >= 0.3 is 0 Å². The largest absolute Gasteiger partial charge is 0.368 e. The molecule has 2 aromatic heterocycles. The van der Waals surface area contributed by atoms with Crippen LogP contribution in [0.2, 0.25) is 0 Å². The standard InChI is InChI=1S/C18H20N6.2ClH/c19-14-6-13(7-14)16-8-17(24-18(20)23-16)22-10-11-5-12-3-1-2-4-15(12)21-9-11;;/h1-5,8-9,13-14H,6-7,10,19H2,(H3,20,22,23,24);2*1H. The Labute approximate surface area is 164 Å². The molecule has 0 spiro atoms. The Morgan fingerprint density at radius 3 is 2.62 bits per heavy atom. The first-order valence-corrected chi connectivity index (χ1v) is 8.15. The minimum absolute atomic E-state index is 0. The van der Waals surface area contributed by atoms with E-state index >= 15 is 0 Å². The van der Waals surface area contributed by atoms with Crippen molar-refractivity contribution >= 4 is 47.5 Å². The van der Waals surface area contributed by atoms with Gasteiger partial charge in [0.2, 0.25) is 5.95 Å². The first-order chi connectivity index (χ1) is 11.7. The molecule has 1 saturated carbocycles. The molecular formula is C18H22Cl2N6. The normalized spacial score (nSPS) is 18.3. The molecule has 3 aromatic rings. The monoisotopic (exact) mass is 392 g/mol. The van der Waals surface area contributed by atoms with Crippen LogP contribution < -0.4 is 16.8 Å². The number of nitrogen functional groups attached to an aromatic ring is 1. The zero-order valence-electron chi connectivity index (χ0n) is 14.1. The molecule has 8 heteroatoms. The average molecular weight is 393 g/mol. The molecule has 0 amide bonds. The number of para-hydroxylation sites is 1. The lowest BCUT2D eigenvalue weighted by Gasteiger charge is -2.32. The molecule has 1 fully saturated rings. The highest BCUT2D eigenvalue weighted by atomic mass is 35.5. The van der Waals surface area contributed by atoms with E-state index in [1.807, 2.05) is 30.5 Å². The molecule has 5 N–H and O–H groups in total. The van der Waals surface area contributed by atoms with Crippen LogP contribution >= 0.6 is 24.8 Å². The van der Waals surface area contributed by atoms with Gasteiger partial charge in [-0.2, -0.15) is 4.98 Å². The number of aromatic nitrogens is 3. The molecule has 2 heterocycles. The SMILES string of the molecule is Cl.Cl.Nc1nc(NCc2cnc3ccccc3c2)cc(C2CC(N)C2)n1. The van der Waals surface area contributed by atoms with Gasteiger partial charge in [0.1, 0.15) is 5.82 Å². The lowest BCUT2D eigenvalue weighted by molar-refractivity contribution is 0.345. The van der Waals surface area contributed by atoms with E-state index < -0.39 is 0 Å². The third-order valence-electron chi connectivity index (χ3n) is 4.48. The van der Waals surface area contributed by atoms with Gasteiger partial charge in [-0.05, 0) is 30.5 Å². The molecule has 26 heavy (non-hydrogen) atoms. The van der Waals surface area contributed by atoms with Gasteiger partial charge in [-0.3, -0.25) is 4.98 Å². The molecule has 6 nitrogen and oxygen atoms in total. The Bertz CT molecular complexity index is 882. The first-order valence-electron chi connectivity index (χ1n) is 8.15. The molecule has 138 valence electrons. The second-order valence-electron chi connectivity index (χ2n) is 6.35. The van der Waals surface area contributed by atoms with Gasteiger partial charge in [-0.1, -0.05) is 18.2 Å². The molecule has 0 aliphatic heterocycles. The predicted octanol–water partition coefficient (Wildman–Crippen LogP) is 3.27. The van der Waals surface area contributed by atoms with E-state index in [2.05, 4.69) is 32.4 Å². The van der Waals surface area contributed by atoms with Gasteiger partial charge in [0, 0.05) is 36.2 Å². The van der Waals surface area contributed by atoms with Crippen molar-refractivity contribution in [3.63, 3.8) is 0 Å². The Morgan fingerprint density at radius 1 is 1.08 bits per heavy atom. The van der Waals surface area contributed by atoms with Gasteiger partial charge in [0.05, 0.1) is 11.2 Å². The minimum atomic E-state index is 0. The van der Waals surface area contributed by atoms with Crippen LogP contribution in [0.25, 0.3) is 10.9 Å². The van der Waals surface area contributed by atoms with Gasteiger partial charge in [0.25, 0.3) is 0 Å². The average Bonchev–Trinajstić information content (AvgIpc) is 2.56. The van der Waals surface area contributed by atoms with Crippen LogP contribution in [-0.2, 0) is 6.54 Å². The van der Waals surface area contributed by atoms with Gasteiger partial charge in [-0.25, -0.2) is 4.98 Å². The van der Waals surface area contributed by atoms with Crippen molar-refractivity contribution in [1.82, 2.24) is 15.0 Å². The van der Waals surface area contributed by atoms with E-state index in [1.54, 1.807) is 0 Å². The molecule has 0 atom stereocenters. The summed E-state index contributed by atoms with van der Waals surface area (Å²) in [5.41, 5.74) is 14.8. The van der Waals surface area contributed by atoms with E-state index in [4.69, 9.17) is 11.5 Å². The number of nitrogens with two attached hydrogens (primary N) is 2. The maximum absolute atomic E-state index is 5.87. The molecule has 1 aliphatic rings. The summed E-state index contributed by atoms with van der Waals surface area (Å²) in [7, 11) is 0. The Morgan fingerprint density at radius 2 is 1.85 bits per heavy atom. The van der Waals surface area contributed by atoms with Crippen LogP contribution in [0.3, 0.4) is 0 Å². The van der Waals surface area contributed by atoms with Crippen LogP contribution in [0.5, 0.6) is 0 Å². The lowest BCUT2D eigenvalue weighted by atomic mass is 9.78. The number of halogens is 2. The number of benzene rings is 1. The fourth-order valence-corrected chi connectivity index (χ4v) is 3.09. The van der Waals surface area contributed by atoms with Crippen molar-refractivity contribution in [2.45, 2.75) is 31.3 Å². The topological polar surface area (TPSA) is 103 Å².